The van der Waals surface area contributed by atoms with Crippen LogP contribution < -0.4 is 0 Å². The molecule has 0 aromatic rings. The van der Waals surface area contributed by atoms with Gasteiger partial charge >= 0.3 is 57.8 Å². The third-order valence-electron chi connectivity index (χ3n) is 0. The van der Waals surface area contributed by atoms with Crippen LogP contribution in [-0.4, -0.2) is 37.3 Å². The molecule has 0 fully saturated rings. The monoisotopic (exact) mass is 314 g/mol. The molecule has 0 spiro atoms. The molecular weight excluding hydrogens is 310 g/mol. The van der Waals surface area contributed by atoms with Gasteiger partial charge in [-0.05, 0) is 0 Å². The standard InChI is InChI=1S/CHO2.Co.Pb.2H/c2-1-3;;;;/h(H,2,3);;;;. The first-order chi connectivity index (χ1) is 1.73. The summed E-state index contributed by atoms with van der Waals surface area (Å²) < 4.78 is 0. The molecule has 0 atom stereocenters. The molecular formula is CH3CoO2Pb. The molecule has 0 aliphatic rings. The van der Waals surface area contributed by atoms with E-state index in [0.717, 1.165) is 0 Å². The predicted octanol–water partition coefficient (Wildman–Crippen LogP) is -0.705. The van der Waals surface area contributed by atoms with Crippen LogP contribution in [0.1, 0.15) is 0 Å². The molecule has 0 unspecified atom stereocenters. The van der Waals surface area contributed by atoms with Crippen LogP contribution in [0.2, 0.25) is 0 Å². The van der Waals surface area contributed by atoms with E-state index in [-0.39, 0.29) is 27.3 Å². The molecule has 5 heavy (non-hydrogen) atoms. The van der Waals surface area contributed by atoms with Gasteiger partial charge in [-0.15, -0.1) is 0 Å². The quantitative estimate of drug-likeness (QED) is 0.600. The first kappa shape index (κ1) is 9.31. The van der Waals surface area contributed by atoms with Crippen LogP contribution in [0, 0.1) is 0 Å². The second-order valence-corrected chi connectivity index (χ2v) is 0.679. The van der Waals surface area contributed by atoms with Gasteiger partial charge in [0.2, 0.25) is 0 Å². The summed E-state index contributed by atoms with van der Waals surface area (Å²) in [7, 11) is 0. The maximum atomic E-state index is 8.86. The molecule has 0 aromatic carbocycles. The normalized spacial score (nSPS) is 5.20. The molecule has 32 valence electrons. The van der Waals surface area contributed by atoms with Crippen molar-refractivity contribution in [3.05, 3.63) is 0 Å². The average Bonchev–Trinajstić information content (AvgIpc) is 0.811. The fourth-order valence-electron chi connectivity index (χ4n) is 0. The Morgan fingerprint density at radius 3 is 1.80 bits per heavy atom. The number of carbonyl (C=O) groups is 1. The van der Waals surface area contributed by atoms with E-state index in [1.807, 2.05) is 0 Å². The summed E-state index contributed by atoms with van der Waals surface area (Å²) >= 11 is 2.92. The summed E-state index contributed by atoms with van der Waals surface area (Å²) in [4.78, 5) is 7.72. The Labute approximate surface area is 57.7 Å². The first-order valence-corrected chi connectivity index (χ1v) is 1.11. The molecule has 0 heterocycles. The van der Waals surface area contributed by atoms with Crippen molar-refractivity contribution in [1.82, 2.24) is 0 Å². The average molecular weight is 313 g/mol. The van der Waals surface area contributed by atoms with E-state index in [9.17, 15) is 0 Å². The second-order valence-electron chi connectivity index (χ2n) is 0.234. The second kappa shape index (κ2) is 4.90. The van der Waals surface area contributed by atoms with Crippen molar-refractivity contribution in [2.75, 3.05) is 0 Å². The zero-order valence-electron chi connectivity index (χ0n) is 2.40. The number of hydrogen-bond acceptors (Lipinski definition) is 1. The molecule has 4 heteroatoms. The number of carboxylic acid groups (broad SMARTS) is 1. The van der Waals surface area contributed by atoms with Gasteiger partial charge in [0.25, 0.3) is 0 Å². The maximum absolute atomic E-state index is 8.86. The molecule has 0 saturated carbocycles. The van der Waals surface area contributed by atoms with E-state index in [4.69, 9.17) is 9.90 Å². The Morgan fingerprint density at radius 2 is 1.80 bits per heavy atom. The zero-order chi connectivity index (χ0) is 3.58. The van der Waals surface area contributed by atoms with Crippen molar-refractivity contribution in [3.8, 4) is 0 Å². The van der Waals surface area contributed by atoms with E-state index in [2.05, 4.69) is 15.7 Å². The summed E-state index contributed by atoms with van der Waals surface area (Å²) in [5.74, 6) is 0. The van der Waals surface area contributed by atoms with Gasteiger partial charge in [0.15, 0.2) is 0 Å². The van der Waals surface area contributed by atoms with Gasteiger partial charge in [0, 0.05) is 0 Å². The molecule has 0 saturated heterocycles. The molecule has 2 radical (unpaired) electrons. The molecule has 1 N–H and O–H groups in total. The van der Waals surface area contributed by atoms with E-state index >= 15 is 0 Å². The fraction of sp³-hybridized carbons (Fsp3) is 0. The third-order valence-corrected chi connectivity index (χ3v) is 0. The molecule has 0 bridgehead atoms. The van der Waals surface area contributed by atoms with Gasteiger partial charge in [0.1, 0.15) is 0 Å². The SMILES string of the molecule is O=[C](O)[Co].[PbH2]. The van der Waals surface area contributed by atoms with E-state index in [0.29, 0.717) is 0 Å². The van der Waals surface area contributed by atoms with E-state index in [1.54, 1.807) is 0 Å². The summed E-state index contributed by atoms with van der Waals surface area (Å²) in [6.07, 6.45) is 0. The van der Waals surface area contributed by atoms with Gasteiger partial charge in [-0.25, -0.2) is 0 Å². The first-order valence-electron chi connectivity index (χ1n) is 0.594. The Hall–Kier alpha value is 0.899. The molecule has 2 nitrogen and oxygen atoms in total. The zero-order valence-corrected chi connectivity index (χ0v) is 8.93. The number of hydrogen-bond donors (Lipinski definition) is 1. The fourth-order valence-corrected chi connectivity index (χ4v) is 0. The van der Waals surface area contributed by atoms with Gasteiger partial charge in [-0.1, -0.05) is 0 Å². The van der Waals surface area contributed by atoms with Crippen LogP contribution in [-0.2, 0) is 15.7 Å². The Balaban J connectivity index is 0. The van der Waals surface area contributed by atoms with Crippen LogP contribution in [0.25, 0.3) is 0 Å². The van der Waals surface area contributed by atoms with Gasteiger partial charge in [-0.2, -0.15) is 0 Å². The molecule has 0 amide bonds. The minimum absolute atomic E-state index is 0. The Bertz CT molecular complexity index is 32.6. The third kappa shape index (κ3) is 51.0. The topological polar surface area (TPSA) is 37.3 Å². The van der Waals surface area contributed by atoms with Gasteiger partial charge in [-0.3, -0.25) is 0 Å². The van der Waals surface area contributed by atoms with Crippen molar-refractivity contribution < 1.29 is 25.6 Å². The Morgan fingerprint density at radius 1 is 1.80 bits per heavy atom. The van der Waals surface area contributed by atoms with Crippen molar-refractivity contribution in [3.63, 3.8) is 0 Å². The van der Waals surface area contributed by atoms with E-state index in [1.165, 1.54) is 0 Å². The van der Waals surface area contributed by atoms with Crippen molar-refractivity contribution in [1.29, 1.82) is 0 Å². The molecule has 0 aliphatic carbocycles. The van der Waals surface area contributed by atoms with Crippen molar-refractivity contribution in [2.24, 2.45) is 0 Å². The minimum atomic E-state index is -1.15. The van der Waals surface area contributed by atoms with Crippen LogP contribution in [0.4, 0.5) is 4.79 Å². The van der Waals surface area contributed by atoms with Crippen LogP contribution >= 0.6 is 0 Å². The van der Waals surface area contributed by atoms with E-state index < -0.39 is 4.90 Å². The molecule has 0 aliphatic heterocycles. The predicted molar refractivity (Wildman–Crippen MR) is 16.6 cm³/mol. The summed E-state index contributed by atoms with van der Waals surface area (Å²) in [6.45, 7) is 0. The van der Waals surface area contributed by atoms with Gasteiger partial charge in [0.05, 0.1) is 0 Å². The summed E-state index contributed by atoms with van der Waals surface area (Å²) in [6, 6.07) is 0. The summed E-state index contributed by atoms with van der Waals surface area (Å²) in [5.41, 5.74) is 0. The Kier molecular flexibility index (Phi) is 9.12. The van der Waals surface area contributed by atoms with Crippen molar-refractivity contribution in [2.45, 2.75) is 0 Å². The molecule has 0 aromatic heterocycles. The molecule has 0 rings (SSSR count). The van der Waals surface area contributed by atoms with Crippen LogP contribution in [0.5, 0.6) is 0 Å². The van der Waals surface area contributed by atoms with Gasteiger partial charge < -0.3 is 0 Å². The number of rotatable bonds is 0. The van der Waals surface area contributed by atoms with Crippen molar-refractivity contribution >= 4 is 32.2 Å². The summed E-state index contributed by atoms with van der Waals surface area (Å²) in [5, 5.41) is 7.28. The van der Waals surface area contributed by atoms with Crippen LogP contribution in [0.15, 0.2) is 0 Å². The van der Waals surface area contributed by atoms with Crippen LogP contribution in [0.3, 0.4) is 0 Å².